The first-order chi connectivity index (χ1) is 11.9. The van der Waals surface area contributed by atoms with Crippen molar-refractivity contribution in [1.29, 1.82) is 0 Å². The summed E-state index contributed by atoms with van der Waals surface area (Å²) >= 11 is 0. The van der Waals surface area contributed by atoms with Crippen LogP contribution in [0.4, 0.5) is 0 Å². The summed E-state index contributed by atoms with van der Waals surface area (Å²) < 4.78 is 6.97. The third kappa shape index (κ3) is 4.10. The zero-order valence-corrected chi connectivity index (χ0v) is 15.5. The van der Waals surface area contributed by atoms with Gasteiger partial charge in [-0.2, -0.15) is 5.10 Å². The Balaban J connectivity index is 2.00. The minimum atomic E-state index is -0.322. The van der Waals surface area contributed by atoms with Gasteiger partial charge in [-0.1, -0.05) is 0 Å². The number of carbonyl (C=O) groups is 2. The lowest BCUT2D eigenvalue weighted by atomic mass is 10.0. The van der Waals surface area contributed by atoms with Crippen LogP contribution in [0, 0.1) is 20.8 Å². The molecule has 0 unspecified atom stereocenters. The molecule has 0 saturated heterocycles. The molecule has 25 heavy (non-hydrogen) atoms. The van der Waals surface area contributed by atoms with Gasteiger partial charge < -0.3 is 14.6 Å². The second-order valence-corrected chi connectivity index (χ2v) is 6.11. The number of rotatable bonds is 7. The Labute approximate surface area is 147 Å². The highest BCUT2D eigenvalue weighted by atomic mass is 16.5. The lowest BCUT2D eigenvalue weighted by Crippen LogP contribution is -2.23. The second kappa shape index (κ2) is 8.00. The van der Waals surface area contributed by atoms with Gasteiger partial charge in [0.2, 0.25) is 5.91 Å². The van der Waals surface area contributed by atoms with Gasteiger partial charge in [0.05, 0.1) is 12.8 Å². The lowest BCUT2D eigenvalue weighted by molar-refractivity contribution is -0.121. The Morgan fingerprint density at radius 1 is 1.32 bits per heavy atom. The highest BCUT2D eigenvalue weighted by Gasteiger charge is 2.22. The SMILES string of the molecule is CCOC(=O)c1c(C)c(CCC(=O)NCc2cn[nH]c2C)c(C)n1C. The van der Waals surface area contributed by atoms with Gasteiger partial charge in [0, 0.05) is 37.0 Å². The van der Waals surface area contributed by atoms with E-state index in [9.17, 15) is 9.59 Å². The number of nitrogens with zero attached hydrogens (tertiary/aromatic N) is 2. The third-order valence-corrected chi connectivity index (χ3v) is 4.56. The van der Waals surface area contributed by atoms with Crippen molar-refractivity contribution in [2.24, 2.45) is 7.05 Å². The van der Waals surface area contributed by atoms with E-state index < -0.39 is 0 Å². The Bertz CT molecular complexity index is 774. The van der Waals surface area contributed by atoms with E-state index in [-0.39, 0.29) is 11.9 Å². The first kappa shape index (κ1) is 18.8. The molecule has 0 aliphatic carbocycles. The summed E-state index contributed by atoms with van der Waals surface area (Å²) in [4.78, 5) is 24.3. The maximum absolute atomic E-state index is 12.1. The fourth-order valence-corrected chi connectivity index (χ4v) is 2.97. The Kier molecular flexibility index (Phi) is 6.01. The number of carbonyl (C=O) groups excluding carboxylic acids is 2. The van der Waals surface area contributed by atoms with Gasteiger partial charge in [-0.3, -0.25) is 9.89 Å². The van der Waals surface area contributed by atoms with Crippen molar-refractivity contribution in [3.05, 3.63) is 40.0 Å². The average Bonchev–Trinajstić information content (AvgIpc) is 3.06. The first-order valence-corrected chi connectivity index (χ1v) is 8.44. The molecule has 2 aromatic heterocycles. The van der Waals surface area contributed by atoms with Crippen molar-refractivity contribution in [2.75, 3.05) is 6.61 Å². The maximum Gasteiger partial charge on any atom is 0.355 e. The summed E-state index contributed by atoms with van der Waals surface area (Å²) in [6, 6.07) is 0. The maximum atomic E-state index is 12.1. The quantitative estimate of drug-likeness (QED) is 0.752. The van der Waals surface area contributed by atoms with Crippen LogP contribution >= 0.6 is 0 Å². The summed E-state index contributed by atoms with van der Waals surface area (Å²) in [5.41, 5.74) is 5.39. The highest BCUT2D eigenvalue weighted by Crippen LogP contribution is 2.23. The largest absolute Gasteiger partial charge is 0.461 e. The van der Waals surface area contributed by atoms with Gasteiger partial charge >= 0.3 is 5.97 Å². The lowest BCUT2D eigenvalue weighted by Gasteiger charge is -2.06. The molecule has 0 radical (unpaired) electrons. The van der Waals surface area contributed by atoms with Crippen LogP contribution in [0.1, 0.15) is 51.9 Å². The summed E-state index contributed by atoms with van der Waals surface area (Å²) in [6.07, 6.45) is 2.67. The number of aryl methyl sites for hydroxylation is 1. The number of ether oxygens (including phenoxy) is 1. The predicted octanol–water partition coefficient (Wildman–Crippen LogP) is 2.10. The molecule has 0 aromatic carbocycles. The van der Waals surface area contributed by atoms with Crippen molar-refractivity contribution >= 4 is 11.9 Å². The first-order valence-electron chi connectivity index (χ1n) is 8.44. The molecule has 0 saturated carbocycles. The predicted molar refractivity (Wildman–Crippen MR) is 94.3 cm³/mol. The molecule has 0 aliphatic heterocycles. The summed E-state index contributed by atoms with van der Waals surface area (Å²) in [6.45, 7) is 8.37. The van der Waals surface area contributed by atoms with E-state index in [1.54, 1.807) is 13.1 Å². The van der Waals surface area contributed by atoms with E-state index in [2.05, 4.69) is 15.5 Å². The number of nitrogens with one attached hydrogen (secondary N) is 2. The van der Waals surface area contributed by atoms with E-state index in [0.29, 0.717) is 31.7 Å². The molecule has 2 rings (SSSR count). The number of hydrogen-bond donors (Lipinski definition) is 2. The average molecular weight is 346 g/mol. The van der Waals surface area contributed by atoms with Crippen molar-refractivity contribution < 1.29 is 14.3 Å². The van der Waals surface area contributed by atoms with Crippen molar-refractivity contribution in [3.8, 4) is 0 Å². The molecule has 0 aliphatic rings. The van der Waals surface area contributed by atoms with E-state index in [1.807, 2.05) is 32.4 Å². The minimum Gasteiger partial charge on any atom is -0.461 e. The second-order valence-electron chi connectivity index (χ2n) is 6.11. The van der Waals surface area contributed by atoms with Crippen LogP contribution in [0.5, 0.6) is 0 Å². The van der Waals surface area contributed by atoms with E-state index in [4.69, 9.17) is 4.74 Å². The molecule has 2 heterocycles. The topological polar surface area (TPSA) is 89.0 Å². The van der Waals surface area contributed by atoms with Gasteiger partial charge in [0.25, 0.3) is 0 Å². The summed E-state index contributed by atoms with van der Waals surface area (Å²) in [7, 11) is 1.85. The number of hydrogen-bond acceptors (Lipinski definition) is 4. The molecule has 0 spiro atoms. The fraction of sp³-hybridized carbons (Fsp3) is 0.500. The molecule has 1 amide bonds. The van der Waals surface area contributed by atoms with Crippen LogP contribution in [0.25, 0.3) is 0 Å². The highest BCUT2D eigenvalue weighted by molar-refractivity contribution is 5.90. The van der Waals surface area contributed by atoms with Crippen LogP contribution in [0.15, 0.2) is 6.20 Å². The van der Waals surface area contributed by atoms with Crippen molar-refractivity contribution in [2.45, 2.75) is 47.1 Å². The molecule has 7 heteroatoms. The van der Waals surface area contributed by atoms with Crippen molar-refractivity contribution in [3.63, 3.8) is 0 Å². The van der Waals surface area contributed by atoms with Crippen molar-refractivity contribution in [1.82, 2.24) is 20.1 Å². The van der Waals surface area contributed by atoms with Gasteiger partial charge in [0.1, 0.15) is 5.69 Å². The summed E-state index contributed by atoms with van der Waals surface area (Å²) in [5, 5.41) is 9.69. The van der Waals surface area contributed by atoms with Gasteiger partial charge in [-0.15, -0.1) is 0 Å². The van der Waals surface area contributed by atoms with E-state index in [0.717, 1.165) is 28.1 Å². The molecular formula is C18H26N4O3. The Hall–Kier alpha value is -2.57. The number of H-pyrrole nitrogens is 1. The number of amides is 1. The third-order valence-electron chi connectivity index (χ3n) is 4.56. The van der Waals surface area contributed by atoms with E-state index in [1.165, 1.54) is 0 Å². The molecule has 0 atom stereocenters. The monoisotopic (exact) mass is 346 g/mol. The summed E-state index contributed by atoms with van der Waals surface area (Å²) in [5.74, 6) is -0.349. The zero-order valence-electron chi connectivity index (χ0n) is 15.5. The van der Waals surface area contributed by atoms with Crippen LogP contribution in [0.2, 0.25) is 0 Å². The molecule has 2 N–H and O–H groups in total. The standard InChI is InChI=1S/C18H26N4O3/c1-6-25-18(24)17-11(2)15(13(4)22(17)5)7-8-16(23)19-9-14-10-20-21-12(14)3/h10H,6-9H2,1-5H3,(H,19,23)(H,20,21). The van der Waals surface area contributed by atoms with Crippen LogP contribution in [0.3, 0.4) is 0 Å². The Morgan fingerprint density at radius 3 is 2.64 bits per heavy atom. The van der Waals surface area contributed by atoms with Crippen LogP contribution in [-0.2, 0) is 29.5 Å². The number of aromatic nitrogens is 3. The van der Waals surface area contributed by atoms with E-state index >= 15 is 0 Å². The van der Waals surface area contributed by atoms with Crippen LogP contribution < -0.4 is 5.32 Å². The minimum absolute atomic E-state index is 0.0269. The number of aromatic amines is 1. The fourth-order valence-electron chi connectivity index (χ4n) is 2.97. The molecule has 7 nitrogen and oxygen atoms in total. The van der Waals surface area contributed by atoms with Gasteiger partial charge in [-0.25, -0.2) is 4.79 Å². The zero-order chi connectivity index (χ0) is 18.6. The van der Waals surface area contributed by atoms with Gasteiger partial charge in [-0.05, 0) is 45.2 Å². The van der Waals surface area contributed by atoms with Gasteiger partial charge in [0.15, 0.2) is 0 Å². The molecular weight excluding hydrogens is 320 g/mol. The normalized spacial score (nSPS) is 10.8. The molecule has 2 aromatic rings. The van der Waals surface area contributed by atoms with Crippen LogP contribution in [-0.4, -0.2) is 33.2 Å². The molecule has 136 valence electrons. The molecule has 0 fully saturated rings. The Morgan fingerprint density at radius 2 is 2.04 bits per heavy atom. The smallest absolute Gasteiger partial charge is 0.355 e. The molecule has 0 bridgehead atoms. The number of esters is 1.